The van der Waals surface area contributed by atoms with Crippen LogP contribution in [0.25, 0.3) is 0 Å². The molecule has 1 aromatic heterocycles. The third-order valence-corrected chi connectivity index (χ3v) is 7.01. The molecule has 5 rings (SSSR count). The number of rotatable bonds is 11. The highest BCUT2D eigenvalue weighted by Crippen LogP contribution is 2.33. The van der Waals surface area contributed by atoms with Gasteiger partial charge < -0.3 is 38.5 Å². The number of aryl methyl sites for hydroxylation is 1. The molecule has 3 heterocycles. The maximum absolute atomic E-state index is 13.8. The van der Waals surface area contributed by atoms with E-state index >= 15 is 0 Å². The molecule has 0 radical (unpaired) electrons. The van der Waals surface area contributed by atoms with Gasteiger partial charge in [-0.05, 0) is 80.8 Å². The summed E-state index contributed by atoms with van der Waals surface area (Å²) in [5.41, 5.74) is 1.72. The normalized spacial score (nSPS) is 15.3. The molecule has 222 valence electrons. The second-order valence-corrected chi connectivity index (χ2v) is 10.2. The van der Waals surface area contributed by atoms with Crippen LogP contribution in [0.15, 0.2) is 59.0 Å². The van der Waals surface area contributed by atoms with Gasteiger partial charge in [-0.2, -0.15) is 0 Å². The van der Waals surface area contributed by atoms with E-state index in [-0.39, 0.29) is 51.6 Å². The lowest BCUT2D eigenvalue weighted by Gasteiger charge is -2.29. The number of nitrogens with zero attached hydrogens (tertiary/aromatic N) is 2. The zero-order chi connectivity index (χ0) is 29.5. The van der Waals surface area contributed by atoms with Gasteiger partial charge in [0.15, 0.2) is 11.5 Å². The van der Waals surface area contributed by atoms with Crippen LogP contribution < -0.4 is 14.8 Å². The van der Waals surface area contributed by atoms with Gasteiger partial charge in [-0.3, -0.25) is 4.79 Å². The number of benzene rings is 2. The smallest absolute Gasteiger partial charge is 0.338 e. The number of anilines is 1. The minimum atomic E-state index is -0.445. The first-order chi connectivity index (χ1) is 20.4. The Bertz CT molecular complexity index is 1400. The first-order valence-electron chi connectivity index (χ1n) is 14.0. The number of ether oxygens (including phenoxy) is 4. The Balaban J connectivity index is 1.32. The Morgan fingerprint density at radius 2 is 1.79 bits per heavy atom. The van der Waals surface area contributed by atoms with Crippen molar-refractivity contribution in [1.82, 2.24) is 9.80 Å². The van der Waals surface area contributed by atoms with Crippen LogP contribution in [-0.4, -0.2) is 66.9 Å². The van der Waals surface area contributed by atoms with Gasteiger partial charge in [0.1, 0.15) is 18.1 Å². The summed E-state index contributed by atoms with van der Waals surface area (Å²) in [4.78, 5) is 42.4. The maximum Gasteiger partial charge on any atom is 0.338 e. The number of fused-ring (bicyclic) bond motifs is 1. The molecule has 1 unspecified atom stereocenters. The second-order valence-electron chi connectivity index (χ2n) is 10.2. The Hall–Kier alpha value is -4.51. The number of hydrogen-bond acceptors (Lipinski definition) is 8. The van der Waals surface area contributed by atoms with Crippen LogP contribution in [0.2, 0.25) is 0 Å². The van der Waals surface area contributed by atoms with E-state index in [9.17, 15) is 14.4 Å². The van der Waals surface area contributed by atoms with Gasteiger partial charge in [0.05, 0.1) is 24.8 Å². The molecule has 1 N–H and O–H groups in total. The molecule has 11 heteroatoms. The second kappa shape index (κ2) is 13.4. The standard InChI is InChI=1S/C31H35N3O8/c1-3-38-30(36)23-8-10-24(11-9-23)32-31(37)34(17-25-5-4-14-39-25)19-29(35)33(18-26-12-6-21(2)42-26)16-22-7-13-27-28(15-22)41-20-40-27/h6-13,15,25H,3-5,14,16-20H2,1-2H3,(H,32,37). The number of hydrogen-bond donors (Lipinski definition) is 1. The summed E-state index contributed by atoms with van der Waals surface area (Å²) < 4.78 is 27.5. The molecular formula is C31H35N3O8. The van der Waals surface area contributed by atoms with Gasteiger partial charge in [-0.25, -0.2) is 9.59 Å². The van der Waals surface area contributed by atoms with Crippen molar-refractivity contribution in [2.24, 2.45) is 0 Å². The van der Waals surface area contributed by atoms with E-state index in [0.29, 0.717) is 35.1 Å². The van der Waals surface area contributed by atoms with Gasteiger partial charge in [0.2, 0.25) is 12.7 Å². The van der Waals surface area contributed by atoms with E-state index in [4.69, 9.17) is 23.4 Å². The lowest BCUT2D eigenvalue weighted by atomic mass is 10.1. The fraction of sp³-hybridized carbons (Fsp3) is 0.387. The Morgan fingerprint density at radius 3 is 2.50 bits per heavy atom. The quantitative estimate of drug-likeness (QED) is 0.325. The molecule has 1 saturated heterocycles. The third kappa shape index (κ3) is 7.41. The maximum atomic E-state index is 13.8. The summed E-state index contributed by atoms with van der Waals surface area (Å²) in [5, 5.41) is 2.85. The Labute approximate surface area is 244 Å². The van der Waals surface area contributed by atoms with Crippen LogP contribution in [0.4, 0.5) is 10.5 Å². The number of carbonyl (C=O) groups is 3. The molecule has 3 amide bonds. The van der Waals surface area contributed by atoms with Crippen LogP contribution >= 0.6 is 0 Å². The van der Waals surface area contributed by atoms with Crippen molar-refractivity contribution in [2.75, 3.05) is 38.4 Å². The van der Waals surface area contributed by atoms with Crippen molar-refractivity contribution in [1.29, 1.82) is 0 Å². The number of furan rings is 1. The summed E-state index contributed by atoms with van der Waals surface area (Å²) in [6, 6.07) is 15.2. The highest BCUT2D eigenvalue weighted by molar-refractivity contribution is 5.94. The van der Waals surface area contributed by atoms with Crippen molar-refractivity contribution in [3.8, 4) is 11.5 Å². The van der Waals surface area contributed by atoms with E-state index < -0.39 is 12.0 Å². The molecule has 0 aliphatic carbocycles. The minimum absolute atomic E-state index is 0.159. The van der Waals surface area contributed by atoms with Crippen LogP contribution in [0, 0.1) is 6.92 Å². The van der Waals surface area contributed by atoms with Crippen molar-refractivity contribution in [2.45, 2.75) is 45.9 Å². The lowest BCUT2D eigenvalue weighted by molar-refractivity contribution is -0.133. The first kappa shape index (κ1) is 29.0. The average Bonchev–Trinajstić information content (AvgIpc) is 3.75. The molecule has 2 aromatic carbocycles. The minimum Gasteiger partial charge on any atom is -0.464 e. The summed E-state index contributed by atoms with van der Waals surface area (Å²) in [7, 11) is 0. The topological polar surface area (TPSA) is 120 Å². The molecule has 0 bridgehead atoms. The van der Waals surface area contributed by atoms with E-state index in [1.165, 1.54) is 4.90 Å². The number of urea groups is 1. The van der Waals surface area contributed by atoms with Crippen molar-refractivity contribution in [3.05, 3.63) is 77.2 Å². The largest absolute Gasteiger partial charge is 0.464 e. The molecule has 1 atom stereocenters. The third-order valence-electron chi connectivity index (χ3n) is 7.01. The number of amides is 3. The molecular weight excluding hydrogens is 542 g/mol. The Morgan fingerprint density at radius 1 is 0.976 bits per heavy atom. The fourth-order valence-corrected chi connectivity index (χ4v) is 4.87. The predicted molar refractivity (Wildman–Crippen MR) is 152 cm³/mol. The molecule has 0 saturated carbocycles. The number of nitrogens with one attached hydrogen (secondary N) is 1. The average molecular weight is 578 g/mol. The molecule has 2 aliphatic rings. The molecule has 42 heavy (non-hydrogen) atoms. The van der Waals surface area contributed by atoms with Crippen molar-refractivity contribution in [3.63, 3.8) is 0 Å². The van der Waals surface area contributed by atoms with Gasteiger partial charge in [0.25, 0.3) is 0 Å². The SMILES string of the molecule is CCOC(=O)c1ccc(NC(=O)N(CC(=O)N(Cc2ccc3c(c2)OCO3)Cc2ccc(C)o2)CC2CCCO2)cc1. The van der Waals surface area contributed by atoms with Gasteiger partial charge in [0, 0.05) is 25.4 Å². The first-order valence-corrected chi connectivity index (χ1v) is 14.0. The molecule has 2 aliphatic heterocycles. The monoisotopic (exact) mass is 577 g/mol. The molecule has 11 nitrogen and oxygen atoms in total. The summed E-state index contributed by atoms with van der Waals surface area (Å²) in [5.74, 6) is 1.98. The zero-order valence-electron chi connectivity index (χ0n) is 23.8. The molecule has 0 spiro atoms. The summed E-state index contributed by atoms with van der Waals surface area (Å²) in [6.07, 6.45) is 1.54. The van der Waals surface area contributed by atoms with Gasteiger partial charge in [-0.1, -0.05) is 6.07 Å². The van der Waals surface area contributed by atoms with E-state index in [1.807, 2.05) is 37.3 Å². The molecule has 3 aromatic rings. The zero-order valence-corrected chi connectivity index (χ0v) is 23.8. The summed E-state index contributed by atoms with van der Waals surface area (Å²) in [6.45, 7) is 5.24. The number of carbonyl (C=O) groups excluding carboxylic acids is 3. The molecule has 1 fully saturated rings. The number of esters is 1. The van der Waals surface area contributed by atoms with Gasteiger partial charge in [-0.15, -0.1) is 0 Å². The van der Waals surface area contributed by atoms with Crippen LogP contribution in [-0.2, 0) is 27.4 Å². The predicted octanol–water partition coefficient (Wildman–Crippen LogP) is 4.74. The van der Waals surface area contributed by atoms with Crippen LogP contribution in [0.3, 0.4) is 0 Å². The Kier molecular flexibility index (Phi) is 9.28. The van der Waals surface area contributed by atoms with E-state index in [0.717, 1.165) is 24.2 Å². The van der Waals surface area contributed by atoms with Crippen LogP contribution in [0.1, 0.15) is 47.2 Å². The van der Waals surface area contributed by atoms with E-state index in [1.54, 1.807) is 36.1 Å². The van der Waals surface area contributed by atoms with Gasteiger partial charge >= 0.3 is 12.0 Å². The van der Waals surface area contributed by atoms with Crippen molar-refractivity contribution >= 4 is 23.6 Å². The lowest BCUT2D eigenvalue weighted by Crippen LogP contribution is -2.46. The van der Waals surface area contributed by atoms with Crippen molar-refractivity contribution < 1.29 is 37.7 Å². The highest BCUT2D eigenvalue weighted by atomic mass is 16.7. The van der Waals surface area contributed by atoms with Crippen LogP contribution in [0.5, 0.6) is 11.5 Å². The highest BCUT2D eigenvalue weighted by Gasteiger charge is 2.27. The fourth-order valence-electron chi connectivity index (χ4n) is 4.87. The van der Waals surface area contributed by atoms with E-state index in [2.05, 4.69) is 5.32 Å². The summed E-state index contributed by atoms with van der Waals surface area (Å²) >= 11 is 0.